The second-order valence-corrected chi connectivity index (χ2v) is 2.69. The first-order valence-electron chi connectivity index (χ1n) is 3.16. The van der Waals surface area contributed by atoms with Crippen LogP contribution in [0.5, 0.6) is 0 Å². The third-order valence-corrected chi connectivity index (χ3v) is 1.98. The third kappa shape index (κ3) is 1.60. The number of nitriles is 1. The maximum atomic E-state index is 8.45. The van der Waals surface area contributed by atoms with Gasteiger partial charge in [-0.2, -0.15) is 5.26 Å². The number of aryl methyl sites for hydroxylation is 1. The van der Waals surface area contributed by atoms with Gasteiger partial charge in [-0.05, 0) is 6.92 Å². The van der Waals surface area contributed by atoms with E-state index in [-0.39, 0.29) is 0 Å². The second kappa shape index (κ2) is 3.54. The molecule has 0 fully saturated rings. The number of hydrogen-bond acceptors (Lipinski definition) is 3. The quantitative estimate of drug-likeness (QED) is 0.708. The molecule has 0 aliphatic rings. The first-order valence-corrected chi connectivity index (χ1v) is 4.28. The van der Waals surface area contributed by atoms with Crippen LogP contribution in [-0.4, -0.2) is 5.16 Å². The average Bonchev–Trinajstić information content (AvgIpc) is 2.34. The van der Waals surface area contributed by atoms with Crippen molar-refractivity contribution in [3.8, 4) is 6.07 Å². The lowest BCUT2D eigenvalue weighted by Gasteiger charge is -1.89. The van der Waals surface area contributed by atoms with Gasteiger partial charge in [0.1, 0.15) is 5.76 Å². The molecule has 4 heteroatoms. The van der Waals surface area contributed by atoms with Crippen LogP contribution in [0.1, 0.15) is 17.0 Å². The second-order valence-electron chi connectivity index (χ2n) is 2.13. The summed E-state index contributed by atoms with van der Waals surface area (Å²) in [6, 6.07) is 2.06. The molecule has 11 heavy (non-hydrogen) atoms. The van der Waals surface area contributed by atoms with Crippen molar-refractivity contribution in [3.63, 3.8) is 0 Å². The molecule has 0 bridgehead atoms. The summed E-state index contributed by atoms with van der Waals surface area (Å²) in [5.74, 6) is 0.737. The summed E-state index contributed by atoms with van der Waals surface area (Å²) in [5.41, 5.74) is 1.73. The molecule has 0 unspecified atom stereocenters. The number of alkyl halides is 1. The largest absolute Gasteiger partial charge is 0.361 e. The molecule has 0 saturated carbocycles. The van der Waals surface area contributed by atoms with Crippen LogP contribution < -0.4 is 0 Å². The normalized spacial score (nSPS) is 9.55. The van der Waals surface area contributed by atoms with Crippen LogP contribution in [0.15, 0.2) is 4.52 Å². The molecular weight excluding hydrogens is 208 g/mol. The van der Waals surface area contributed by atoms with Gasteiger partial charge in [0.05, 0.1) is 18.2 Å². The molecule has 3 nitrogen and oxygen atoms in total. The summed E-state index contributed by atoms with van der Waals surface area (Å²) in [5, 5.41) is 12.9. The van der Waals surface area contributed by atoms with Crippen LogP contribution >= 0.6 is 15.9 Å². The van der Waals surface area contributed by atoms with Crippen LogP contribution in [0.3, 0.4) is 0 Å². The van der Waals surface area contributed by atoms with E-state index in [0.29, 0.717) is 11.8 Å². The molecule has 1 aromatic heterocycles. The van der Waals surface area contributed by atoms with E-state index in [1.54, 1.807) is 0 Å². The summed E-state index contributed by atoms with van der Waals surface area (Å²) in [6.45, 7) is 1.81. The zero-order valence-electron chi connectivity index (χ0n) is 6.09. The molecule has 1 rings (SSSR count). The Labute approximate surface area is 73.1 Å². The van der Waals surface area contributed by atoms with Crippen molar-refractivity contribution in [2.45, 2.75) is 18.7 Å². The number of halogens is 1. The van der Waals surface area contributed by atoms with Crippen molar-refractivity contribution < 1.29 is 4.52 Å². The van der Waals surface area contributed by atoms with Crippen molar-refractivity contribution in [2.75, 3.05) is 0 Å². The Balaban J connectivity index is 2.99. The molecule has 0 N–H and O–H groups in total. The lowest BCUT2D eigenvalue weighted by molar-refractivity contribution is 0.392. The molecule has 0 amide bonds. The van der Waals surface area contributed by atoms with Gasteiger partial charge in [0.15, 0.2) is 0 Å². The van der Waals surface area contributed by atoms with Crippen molar-refractivity contribution in [1.29, 1.82) is 5.26 Å². The van der Waals surface area contributed by atoms with E-state index in [4.69, 9.17) is 9.78 Å². The number of aromatic nitrogens is 1. The monoisotopic (exact) mass is 214 g/mol. The van der Waals surface area contributed by atoms with Gasteiger partial charge in [0.2, 0.25) is 0 Å². The molecule has 1 heterocycles. The zero-order chi connectivity index (χ0) is 8.27. The minimum Gasteiger partial charge on any atom is -0.361 e. The van der Waals surface area contributed by atoms with Crippen LogP contribution in [-0.2, 0) is 11.8 Å². The lowest BCUT2D eigenvalue weighted by atomic mass is 10.1. The Morgan fingerprint density at radius 3 is 3.00 bits per heavy atom. The van der Waals surface area contributed by atoms with E-state index < -0.39 is 0 Å². The van der Waals surface area contributed by atoms with E-state index in [1.807, 2.05) is 6.92 Å². The maximum absolute atomic E-state index is 8.45. The van der Waals surface area contributed by atoms with E-state index in [9.17, 15) is 0 Å². The summed E-state index contributed by atoms with van der Waals surface area (Å²) >= 11 is 3.26. The first kappa shape index (κ1) is 8.28. The molecule has 58 valence electrons. The number of hydrogen-bond donors (Lipinski definition) is 0. The summed E-state index contributed by atoms with van der Waals surface area (Å²) in [7, 11) is 0. The van der Waals surface area contributed by atoms with Gasteiger partial charge < -0.3 is 4.52 Å². The molecule has 0 spiro atoms. The Hall–Kier alpha value is -0.820. The standard InChI is InChI=1S/C7H7BrN2O/c1-5-6(2-3-9)7(4-8)10-11-5/h2,4H2,1H3. The van der Waals surface area contributed by atoms with E-state index in [1.165, 1.54) is 0 Å². The molecule has 1 aromatic rings. The fourth-order valence-corrected chi connectivity index (χ4v) is 1.29. The summed E-state index contributed by atoms with van der Waals surface area (Å²) in [6.07, 6.45) is 0.371. The highest BCUT2D eigenvalue weighted by atomic mass is 79.9. The van der Waals surface area contributed by atoms with Gasteiger partial charge in [-0.3, -0.25) is 0 Å². The molecule has 0 atom stereocenters. The molecule has 0 radical (unpaired) electrons. The van der Waals surface area contributed by atoms with Crippen LogP contribution in [0.25, 0.3) is 0 Å². The van der Waals surface area contributed by atoms with Gasteiger partial charge >= 0.3 is 0 Å². The van der Waals surface area contributed by atoms with Gasteiger partial charge in [0, 0.05) is 10.9 Å². The fourth-order valence-electron chi connectivity index (χ4n) is 0.848. The fraction of sp³-hybridized carbons (Fsp3) is 0.429. The lowest BCUT2D eigenvalue weighted by Crippen LogP contribution is -1.87. The van der Waals surface area contributed by atoms with Crippen LogP contribution in [0.2, 0.25) is 0 Å². The van der Waals surface area contributed by atoms with Gasteiger partial charge in [-0.25, -0.2) is 0 Å². The topological polar surface area (TPSA) is 49.8 Å². The maximum Gasteiger partial charge on any atom is 0.138 e. The highest BCUT2D eigenvalue weighted by Crippen LogP contribution is 2.15. The van der Waals surface area contributed by atoms with Crippen molar-refractivity contribution in [3.05, 3.63) is 17.0 Å². The number of rotatable bonds is 2. The van der Waals surface area contributed by atoms with Gasteiger partial charge in [-0.15, -0.1) is 0 Å². The average molecular weight is 215 g/mol. The van der Waals surface area contributed by atoms with E-state index in [0.717, 1.165) is 17.0 Å². The van der Waals surface area contributed by atoms with Gasteiger partial charge in [-0.1, -0.05) is 21.1 Å². The minimum atomic E-state index is 0.371. The molecule has 0 aliphatic heterocycles. The Kier molecular flexibility index (Phi) is 2.66. The Bertz CT molecular complexity index is 287. The summed E-state index contributed by atoms with van der Waals surface area (Å²) < 4.78 is 4.91. The molecular formula is C7H7BrN2O. The SMILES string of the molecule is Cc1onc(CBr)c1CC#N. The Morgan fingerprint density at radius 2 is 2.45 bits per heavy atom. The van der Waals surface area contributed by atoms with Crippen molar-refractivity contribution in [2.24, 2.45) is 0 Å². The third-order valence-electron chi connectivity index (χ3n) is 1.45. The molecule has 0 aromatic carbocycles. The van der Waals surface area contributed by atoms with Crippen LogP contribution in [0.4, 0.5) is 0 Å². The van der Waals surface area contributed by atoms with E-state index in [2.05, 4.69) is 27.2 Å². The Morgan fingerprint density at radius 1 is 1.73 bits per heavy atom. The van der Waals surface area contributed by atoms with Gasteiger partial charge in [0.25, 0.3) is 0 Å². The highest BCUT2D eigenvalue weighted by Gasteiger charge is 2.09. The minimum absolute atomic E-state index is 0.371. The molecule has 0 saturated heterocycles. The van der Waals surface area contributed by atoms with Crippen molar-refractivity contribution in [1.82, 2.24) is 5.16 Å². The van der Waals surface area contributed by atoms with E-state index >= 15 is 0 Å². The number of nitrogens with zero attached hydrogens (tertiary/aromatic N) is 2. The highest BCUT2D eigenvalue weighted by molar-refractivity contribution is 9.08. The zero-order valence-corrected chi connectivity index (χ0v) is 7.68. The predicted molar refractivity (Wildman–Crippen MR) is 43.2 cm³/mol. The van der Waals surface area contributed by atoms with Crippen LogP contribution in [0, 0.1) is 18.3 Å². The predicted octanol–water partition coefficient (Wildman–Crippen LogP) is 1.94. The first-order chi connectivity index (χ1) is 5.29. The smallest absolute Gasteiger partial charge is 0.138 e. The summed E-state index contributed by atoms with van der Waals surface area (Å²) in [4.78, 5) is 0. The van der Waals surface area contributed by atoms with Crippen molar-refractivity contribution >= 4 is 15.9 Å². The molecule has 0 aliphatic carbocycles.